The minimum Gasteiger partial charge on any atom is -0.464 e. The van der Waals surface area contributed by atoms with Crippen LogP contribution >= 0.6 is 0 Å². The Kier molecular flexibility index (Phi) is 6.51. The number of furan rings is 1. The van der Waals surface area contributed by atoms with E-state index in [9.17, 15) is 14.4 Å². The first-order valence-corrected chi connectivity index (χ1v) is 9.69. The Bertz CT molecular complexity index is 1070. The van der Waals surface area contributed by atoms with Crippen LogP contribution in [0.2, 0.25) is 0 Å². The van der Waals surface area contributed by atoms with Crippen molar-refractivity contribution >= 4 is 28.9 Å². The molecular formula is C23H24N2O5. The summed E-state index contributed by atoms with van der Waals surface area (Å²) < 4.78 is 11.0. The Morgan fingerprint density at radius 3 is 2.47 bits per heavy atom. The number of imide groups is 1. The number of hydrogen-bond acceptors (Lipinski definition) is 5. The number of urea groups is 1. The summed E-state index contributed by atoms with van der Waals surface area (Å²) in [6.45, 7) is 6.07. The van der Waals surface area contributed by atoms with Gasteiger partial charge in [0.2, 0.25) is 6.10 Å². The molecule has 7 nitrogen and oxygen atoms in total. The number of ether oxygens (including phenoxy) is 1. The first-order chi connectivity index (χ1) is 14.4. The third kappa shape index (κ3) is 4.86. The number of rotatable bonds is 6. The lowest BCUT2D eigenvalue weighted by Crippen LogP contribution is -2.42. The van der Waals surface area contributed by atoms with Crippen molar-refractivity contribution in [2.24, 2.45) is 0 Å². The fraction of sp³-hybridized carbons (Fsp3) is 0.261. The third-order valence-corrected chi connectivity index (χ3v) is 4.77. The summed E-state index contributed by atoms with van der Waals surface area (Å²) in [4.78, 5) is 37.0. The van der Waals surface area contributed by atoms with E-state index in [2.05, 4.69) is 10.6 Å². The summed E-state index contributed by atoms with van der Waals surface area (Å²) in [5.74, 6) is -1.32. The van der Waals surface area contributed by atoms with E-state index in [0.29, 0.717) is 23.3 Å². The van der Waals surface area contributed by atoms with E-state index in [1.165, 1.54) is 6.26 Å². The van der Waals surface area contributed by atoms with E-state index in [-0.39, 0.29) is 6.42 Å². The van der Waals surface area contributed by atoms with Crippen molar-refractivity contribution in [2.45, 2.75) is 33.3 Å². The van der Waals surface area contributed by atoms with Crippen molar-refractivity contribution in [1.29, 1.82) is 0 Å². The van der Waals surface area contributed by atoms with Gasteiger partial charge >= 0.3 is 12.0 Å². The molecule has 0 aliphatic carbocycles. The highest BCUT2D eigenvalue weighted by Gasteiger charge is 2.27. The van der Waals surface area contributed by atoms with Gasteiger partial charge in [0, 0.05) is 23.1 Å². The number of benzene rings is 2. The number of amides is 3. The molecule has 156 valence electrons. The molecule has 0 bridgehead atoms. The lowest BCUT2D eigenvalue weighted by atomic mass is 10.0. The Balaban J connectivity index is 1.79. The molecule has 7 heteroatoms. The van der Waals surface area contributed by atoms with Gasteiger partial charge in [-0.3, -0.25) is 14.9 Å². The molecule has 0 spiro atoms. The van der Waals surface area contributed by atoms with Gasteiger partial charge in [-0.1, -0.05) is 30.3 Å². The zero-order chi connectivity index (χ0) is 21.7. The molecule has 0 fully saturated rings. The van der Waals surface area contributed by atoms with E-state index in [1.54, 1.807) is 37.3 Å². The van der Waals surface area contributed by atoms with Crippen molar-refractivity contribution < 1.29 is 23.5 Å². The second-order valence-electron chi connectivity index (χ2n) is 7.00. The molecule has 0 aliphatic heterocycles. The minimum atomic E-state index is -1.25. The molecule has 0 aliphatic rings. The van der Waals surface area contributed by atoms with Crippen LogP contribution in [-0.4, -0.2) is 24.5 Å². The molecule has 1 aromatic heterocycles. The maximum atomic E-state index is 12.7. The van der Waals surface area contributed by atoms with Gasteiger partial charge in [0.15, 0.2) is 0 Å². The topological polar surface area (TPSA) is 97.6 Å². The van der Waals surface area contributed by atoms with Crippen LogP contribution in [0.4, 0.5) is 4.79 Å². The van der Waals surface area contributed by atoms with E-state index < -0.39 is 24.0 Å². The van der Waals surface area contributed by atoms with Crippen LogP contribution in [0.25, 0.3) is 11.0 Å². The molecule has 3 amide bonds. The molecule has 2 N–H and O–H groups in total. The molecule has 3 rings (SSSR count). The highest BCUT2D eigenvalue weighted by atomic mass is 16.5. The normalized spacial score (nSPS) is 11.7. The molecule has 1 heterocycles. The van der Waals surface area contributed by atoms with Crippen LogP contribution in [0, 0.1) is 13.8 Å². The summed E-state index contributed by atoms with van der Waals surface area (Å²) in [7, 11) is 0. The molecule has 1 atom stereocenters. The van der Waals surface area contributed by atoms with E-state index >= 15 is 0 Å². The molecule has 3 aromatic rings. The quantitative estimate of drug-likeness (QED) is 0.606. The summed E-state index contributed by atoms with van der Waals surface area (Å²) in [6, 6.07) is 11.8. The van der Waals surface area contributed by atoms with Gasteiger partial charge in [-0.15, -0.1) is 0 Å². The molecule has 0 radical (unpaired) electrons. The maximum Gasteiger partial charge on any atom is 0.321 e. The number of carbonyl (C=O) groups excluding carboxylic acids is 3. The smallest absolute Gasteiger partial charge is 0.321 e. The zero-order valence-electron chi connectivity index (χ0n) is 17.2. The monoisotopic (exact) mass is 408 g/mol. The first kappa shape index (κ1) is 21.1. The predicted molar refractivity (Wildman–Crippen MR) is 112 cm³/mol. The Morgan fingerprint density at radius 1 is 1.07 bits per heavy atom. The van der Waals surface area contributed by atoms with Crippen LogP contribution in [0.1, 0.15) is 35.3 Å². The number of carbonyl (C=O) groups is 3. The summed E-state index contributed by atoms with van der Waals surface area (Å²) in [6.07, 6.45) is 0.216. The largest absolute Gasteiger partial charge is 0.464 e. The number of aryl methyl sites for hydroxylation is 2. The van der Waals surface area contributed by atoms with Crippen molar-refractivity contribution in [3.8, 4) is 0 Å². The Hall–Kier alpha value is -3.61. The molecule has 0 saturated carbocycles. The average Bonchev–Trinajstić information content (AvgIpc) is 3.08. The molecular weight excluding hydrogens is 384 g/mol. The van der Waals surface area contributed by atoms with Crippen molar-refractivity contribution in [3.63, 3.8) is 0 Å². The number of nitrogens with one attached hydrogen (secondary N) is 2. The predicted octanol–water partition coefficient (Wildman–Crippen LogP) is 3.72. The van der Waals surface area contributed by atoms with E-state index in [4.69, 9.17) is 9.15 Å². The van der Waals surface area contributed by atoms with Gasteiger partial charge in [0.25, 0.3) is 5.91 Å². The molecule has 0 unspecified atom stereocenters. The zero-order valence-corrected chi connectivity index (χ0v) is 17.2. The fourth-order valence-corrected chi connectivity index (χ4v) is 3.08. The van der Waals surface area contributed by atoms with Crippen LogP contribution in [-0.2, 0) is 20.7 Å². The summed E-state index contributed by atoms with van der Waals surface area (Å²) >= 11 is 0. The Labute approximate surface area is 174 Å². The lowest BCUT2D eigenvalue weighted by molar-refractivity contribution is -0.155. The molecule has 30 heavy (non-hydrogen) atoms. The van der Waals surface area contributed by atoms with Gasteiger partial charge in [0.05, 0.1) is 12.7 Å². The third-order valence-electron chi connectivity index (χ3n) is 4.77. The highest BCUT2D eigenvalue weighted by Crippen LogP contribution is 2.26. The van der Waals surface area contributed by atoms with Gasteiger partial charge in [-0.25, -0.2) is 4.79 Å². The fourth-order valence-electron chi connectivity index (χ4n) is 3.08. The molecule has 0 saturated heterocycles. The number of hydrogen-bond donors (Lipinski definition) is 2. The molecule has 2 aromatic carbocycles. The minimum absolute atomic E-state index is 0.0622. The number of esters is 1. The van der Waals surface area contributed by atoms with Crippen molar-refractivity contribution in [1.82, 2.24) is 10.6 Å². The Morgan fingerprint density at radius 2 is 1.77 bits per heavy atom. The van der Waals surface area contributed by atoms with E-state index in [1.807, 2.05) is 26.0 Å². The van der Waals surface area contributed by atoms with Gasteiger partial charge in [0.1, 0.15) is 5.58 Å². The first-order valence-electron chi connectivity index (χ1n) is 9.69. The number of fused-ring (bicyclic) bond motifs is 1. The standard InChI is InChI=1S/C23H24N2O5/c1-4-24-23(28)25-22(27)21(16-8-6-5-7-9-16)30-20(26)12-17-13-29-19-11-15(3)14(2)10-18(17)19/h5-11,13,21H,4,12H2,1-3H3,(H2,24,25,27,28)/t21-/m0/s1. The van der Waals surface area contributed by atoms with Crippen LogP contribution in [0.5, 0.6) is 0 Å². The summed E-state index contributed by atoms with van der Waals surface area (Å²) in [5.41, 5.74) is 4.01. The SMILES string of the molecule is CCNC(=O)NC(=O)[C@@H](OC(=O)Cc1coc2cc(C)c(C)cc12)c1ccccc1. The average molecular weight is 408 g/mol. The van der Waals surface area contributed by atoms with Crippen LogP contribution in [0.3, 0.4) is 0 Å². The maximum absolute atomic E-state index is 12.7. The van der Waals surface area contributed by atoms with Crippen molar-refractivity contribution in [2.75, 3.05) is 6.54 Å². The second-order valence-corrected chi connectivity index (χ2v) is 7.00. The van der Waals surface area contributed by atoms with Gasteiger partial charge < -0.3 is 14.5 Å². The van der Waals surface area contributed by atoms with Gasteiger partial charge in [-0.05, 0) is 44.0 Å². The van der Waals surface area contributed by atoms with Crippen LogP contribution < -0.4 is 10.6 Å². The van der Waals surface area contributed by atoms with Crippen molar-refractivity contribution in [3.05, 3.63) is 71.0 Å². The second kappa shape index (κ2) is 9.26. The lowest BCUT2D eigenvalue weighted by Gasteiger charge is -2.17. The summed E-state index contributed by atoms with van der Waals surface area (Å²) in [5, 5.41) is 5.51. The van der Waals surface area contributed by atoms with Crippen LogP contribution in [0.15, 0.2) is 53.1 Å². The van der Waals surface area contributed by atoms with E-state index in [0.717, 1.165) is 16.5 Å². The highest BCUT2D eigenvalue weighted by molar-refractivity contribution is 5.98. The van der Waals surface area contributed by atoms with Gasteiger partial charge in [-0.2, -0.15) is 0 Å².